The Morgan fingerprint density at radius 2 is 1.93 bits per heavy atom. The minimum absolute atomic E-state index is 0. The van der Waals surface area contributed by atoms with Gasteiger partial charge < -0.3 is 15.4 Å². The molecule has 2 aromatic carbocycles. The van der Waals surface area contributed by atoms with Gasteiger partial charge in [0.05, 0.1) is 18.0 Å². The SMILES string of the molecule is CCNC(=NCc1ccc(S(C)(=O)=O)c(C)c1)NCC(C)Oc1cccc(Cl)c1.I. The third kappa shape index (κ3) is 8.69. The van der Waals surface area contributed by atoms with E-state index in [9.17, 15) is 8.42 Å². The van der Waals surface area contributed by atoms with Gasteiger partial charge in [-0.2, -0.15) is 0 Å². The molecular formula is C21H29ClIN3O3S. The summed E-state index contributed by atoms with van der Waals surface area (Å²) in [5.41, 5.74) is 1.66. The van der Waals surface area contributed by atoms with Gasteiger partial charge in [-0.25, -0.2) is 13.4 Å². The number of hydrogen-bond donors (Lipinski definition) is 2. The Balaban J connectivity index is 0.00000450. The number of benzene rings is 2. The first-order chi connectivity index (χ1) is 13.7. The molecule has 0 aliphatic heterocycles. The second-order valence-electron chi connectivity index (χ2n) is 6.83. The molecule has 0 saturated carbocycles. The van der Waals surface area contributed by atoms with Crippen LogP contribution in [0.2, 0.25) is 5.02 Å². The summed E-state index contributed by atoms with van der Waals surface area (Å²) in [4.78, 5) is 4.93. The lowest BCUT2D eigenvalue weighted by atomic mass is 10.1. The number of aliphatic imine (C=N–C) groups is 1. The van der Waals surface area contributed by atoms with Crippen molar-refractivity contribution in [2.75, 3.05) is 19.3 Å². The van der Waals surface area contributed by atoms with Gasteiger partial charge in [-0.15, -0.1) is 24.0 Å². The maximum atomic E-state index is 11.7. The Morgan fingerprint density at radius 3 is 2.53 bits per heavy atom. The molecule has 0 saturated heterocycles. The Morgan fingerprint density at radius 1 is 1.20 bits per heavy atom. The standard InChI is InChI=1S/C21H28ClN3O3S.HI/c1-5-23-21(24-13-16(3)28-19-8-6-7-18(22)12-19)25-14-17-9-10-20(15(2)11-17)29(4,26)27;/h6-12,16H,5,13-14H2,1-4H3,(H2,23,24,25);1H. The van der Waals surface area contributed by atoms with Crippen LogP contribution in [0.4, 0.5) is 0 Å². The molecule has 2 N–H and O–H groups in total. The molecule has 30 heavy (non-hydrogen) atoms. The zero-order valence-electron chi connectivity index (χ0n) is 17.6. The molecule has 0 radical (unpaired) electrons. The van der Waals surface area contributed by atoms with Crippen molar-refractivity contribution in [3.63, 3.8) is 0 Å². The molecule has 1 unspecified atom stereocenters. The molecule has 0 amide bonds. The molecule has 6 nitrogen and oxygen atoms in total. The van der Waals surface area contributed by atoms with E-state index < -0.39 is 9.84 Å². The summed E-state index contributed by atoms with van der Waals surface area (Å²) in [6.07, 6.45) is 1.13. The lowest BCUT2D eigenvalue weighted by Gasteiger charge is -2.18. The van der Waals surface area contributed by atoms with Gasteiger partial charge in [-0.05, 0) is 56.2 Å². The van der Waals surface area contributed by atoms with Gasteiger partial charge in [-0.1, -0.05) is 29.8 Å². The molecule has 0 aromatic heterocycles. The fourth-order valence-corrected chi connectivity index (χ4v) is 3.93. The number of nitrogens with one attached hydrogen (secondary N) is 2. The second-order valence-corrected chi connectivity index (χ2v) is 9.25. The van der Waals surface area contributed by atoms with Gasteiger partial charge in [0.25, 0.3) is 0 Å². The van der Waals surface area contributed by atoms with Crippen LogP contribution >= 0.6 is 35.6 Å². The number of aryl methyl sites for hydroxylation is 1. The molecule has 1 atom stereocenters. The molecular weight excluding hydrogens is 537 g/mol. The number of guanidine groups is 1. The van der Waals surface area contributed by atoms with Crippen LogP contribution in [-0.2, 0) is 16.4 Å². The van der Waals surface area contributed by atoms with Gasteiger partial charge in [0.1, 0.15) is 11.9 Å². The van der Waals surface area contributed by atoms with Crippen molar-refractivity contribution in [2.24, 2.45) is 4.99 Å². The van der Waals surface area contributed by atoms with E-state index >= 15 is 0 Å². The molecule has 0 heterocycles. The summed E-state index contributed by atoms with van der Waals surface area (Å²) in [6, 6.07) is 12.6. The van der Waals surface area contributed by atoms with E-state index in [-0.39, 0.29) is 30.1 Å². The van der Waals surface area contributed by atoms with E-state index in [2.05, 4.69) is 15.6 Å². The van der Waals surface area contributed by atoms with Crippen LogP contribution in [0, 0.1) is 6.92 Å². The highest BCUT2D eigenvalue weighted by Crippen LogP contribution is 2.18. The molecule has 2 rings (SSSR count). The summed E-state index contributed by atoms with van der Waals surface area (Å²) >= 11 is 5.98. The van der Waals surface area contributed by atoms with Gasteiger partial charge in [0.2, 0.25) is 0 Å². The van der Waals surface area contributed by atoms with E-state index in [1.807, 2.05) is 32.0 Å². The van der Waals surface area contributed by atoms with Crippen molar-refractivity contribution in [1.29, 1.82) is 0 Å². The van der Waals surface area contributed by atoms with Gasteiger partial charge >= 0.3 is 0 Å². The molecule has 0 aliphatic carbocycles. The molecule has 9 heteroatoms. The molecule has 0 fully saturated rings. The lowest BCUT2D eigenvalue weighted by Crippen LogP contribution is -2.41. The first-order valence-electron chi connectivity index (χ1n) is 9.43. The normalized spacial score (nSPS) is 12.6. The monoisotopic (exact) mass is 565 g/mol. The van der Waals surface area contributed by atoms with Gasteiger partial charge in [0.15, 0.2) is 15.8 Å². The highest BCUT2D eigenvalue weighted by atomic mass is 127. The highest BCUT2D eigenvalue weighted by Gasteiger charge is 2.11. The summed E-state index contributed by atoms with van der Waals surface area (Å²) in [5, 5.41) is 7.09. The zero-order chi connectivity index (χ0) is 21.4. The number of ether oxygens (including phenoxy) is 1. The van der Waals surface area contributed by atoms with Crippen LogP contribution in [0.15, 0.2) is 52.4 Å². The second kappa shape index (κ2) is 12.4. The fourth-order valence-electron chi connectivity index (χ4n) is 2.79. The van der Waals surface area contributed by atoms with Gasteiger partial charge in [-0.3, -0.25) is 0 Å². The maximum absolute atomic E-state index is 11.7. The van der Waals surface area contributed by atoms with Crippen LogP contribution in [0.25, 0.3) is 0 Å². The molecule has 0 spiro atoms. The summed E-state index contributed by atoms with van der Waals surface area (Å²) < 4.78 is 29.4. The minimum atomic E-state index is -3.22. The van der Waals surface area contributed by atoms with Crippen LogP contribution in [0.5, 0.6) is 5.75 Å². The topological polar surface area (TPSA) is 79.8 Å². The Bertz CT molecular complexity index is 968. The third-order valence-electron chi connectivity index (χ3n) is 4.09. The highest BCUT2D eigenvalue weighted by molar-refractivity contribution is 14.0. The summed E-state index contributed by atoms with van der Waals surface area (Å²) in [7, 11) is -3.22. The van der Waals surface area contributed by atoms with Crippen molar-refractivity contribution in [1.82, 2.24) is 10.6 Å². The van der Waals surface area contributed by atoms with Gasteiger partial charge in [0, 0.05) is 17.8 Å². The predicted octanol–water partition coefficient (Wildman–Crippen LogP) is 4.19. The zero-order valence-corrected chi connectivity index (χ0v) is 21.5. The largest absolute Gasteiger partial charge is 0.489 e. The fraction of sp³-hybridized carbons (Fsp3) is 0.381. The number of nitrogens with zero attached hydrogens (tertiary/aromatic N) is 1. The van der Waals surface area contributed by atoms with E-state index in [4.69, 9.17) is 16.3 Å². The smallest absolute Gasteiger partial charge is 0.191 e. The summed E-state index contributed by atoms with van der Waals surface area (Å²) in [5.74, 6) is 1.38. The number of rotatable bonds is 8. The minimum Gasteiger partial charge on any atom is -0.489 e. The van der Waals surface area contributed by atoms with Crippen molar-refractivity contribution in [3.05, 3.63) is 58.6 Å². The van der Waals surface area contributed by atoms with Crippen LogP contribution in [-0.4, -0.2) is 39.8 Å². The lowest BCUT2D eigenvalue weighted by molar-refractivity contribution is 0.224. The molecule has 0 bridgehead atoms. The van der Waals surface area contributed by atoms with Crippen molar-refractivity contribution in [3.8, 4) is 5.75 Å². The Kier molecular flexibility index (Phi) is 10.9. The van der Waals surface area contributed by atoms with Crippen molar-refractivity contribution >= 4 is 51.4 Å². The van der Waals surface area contributed by atoms with Crippen molar-refractivity contribution in [2.45, 2.75) is 38.3 Å². The Labute approximate surface area is 201 Å². The maximum Gasteiger partial charge on any atom is 0.191 e. The number of hydrogen-bond acceptors (Lipinski definition) is 4. The first kappa shape index (κ1) is 26.5. The Hall–Kier alpha value is -1.52. The average Bonchev–Trinajstić information content (AvgIpc) is 2.63. The van der Waals surface area contributed by atoms with Crippen LogP contribution < -0.4 is 15.4 Å². The first-order valence-corrected chi connectivity index (χ1v) is 11.7. The van der Waals surface area contributed by atoms with E-state index in [0.29, 0.717) is 29.0 Å². The molecule has 2 aromatic rings. The quantitative estimate of drug-likeness (QED) is 0.285. The number of halogens is 2. The number of sulfone groups is 1. The van der Waals surface area contributed by atoms with E-state index in [1.54, 1.807) is 31.2 Å². The molecule has 0 aliphatic rings. The van der Waals surface area contributed by atoms with Crippen molar-refractivity contribution < 1.29 is 13.2 Å². The van der Waals surface area contributed by atoms with Crippen LogP contribution in [0.3, 0.4) is 0 Å². The van der Waals surface area contributed by atoms with E-state index in [1.165, 1.54) is 6.26 Å². The van der Waals surface area contributed by atoms with E-state index in [0.717, 1.165) is 23.4 Å². The summed E-state index contributed by atoms with van der Waals surface area (Å²) in [6.45, 7) is 7.47. The molecule has 166 valence electrons. The average molecular weight is 566 g/mol. The third-order valence-corrected chi connectivity index (χ3v) is 5.59. The predicted molar refractivity (Wildman–Crippen MR) is 134 cm³/mol. The van der Waals surface area contributed by atoms with Crippen LogP contribution in [0.1, 0.15) is 25.0 Å².